The van der Waals surface area contributed by atoms with Crippen molar-refractivity contribution >= 4 is 21.4 Å². The van der Waals surface area contributed by atoms with Gasteiger partial charge < -0.3 is 5.11 Å². The lowest BCUT2D eigenvalue weighted by Crippen LogP contribution is -2.21. The minimum atomic E-state index is -0.153. The largest absolute Gasteiger partial charge is 0.395 e. The number of benzene rings is 1. The third-order valence-electron chi connectivity index (χ3n) is 3.35. The monoisotopic (exact) mass is 234 g/mol. The van der Waals surface area contributed by atoms with Gasteiger partial charge in [-0.2, -0.15) is 0 Å². The first kappa shape index (κ1) is 11.6. The van der Waals surface area contributed by atoms with E-state index in [1.54, 1.807) is 0 Å². The van der Waals surface area contributed by atoms with Crippen LogP contribution in [0, 0.1) is 13.8 Å². The SMILES string of the molecule is Cc1sc2cc(C(C)(C)CO)ccc2c1C. The molecule has 1 N–H and O–H groups in total. The predicted molar refractivity (Wildman–Crippen MR) is 71.4 cm³/mol. The summed E-state index contributed by atoms with van der Waals surface area (Å²) in [6.45, 7) is 8.66. The van der Waals surface area contributed by atoms with Crippen LogP contribution in [0.1, 0.15) is 29.9 Å². The van der Waals surface area contributed by atoms with Gasteiger partial charge in [0.15, 0.2) is 0 Å². The second kappa shape index (κ2) is 3.86. The molecule has 1 heterocycles. The zero-order chi connectivity index (χ0) is 11.9. The van der Waals surface area contributed by atoms with Gasteiger partial charge >= 0.3 is 0 Å². The first-order valence-corrected chi connectivity index (χ1v) is 6.38. The van der Waals surface area contributed by atoms with Crippen LogP contribution < -0.4 is 0 Å². The van der Waals surface area contributed by atoms with Gasteiger partial charge in [-0.15, -0.1) is 11.3 Å². The molecule has 0 spiro atoms. The summed E-state index contributed by atoms with van der Waals surface area (Å²) in [6.07, 6.45) is 0. The number of aryl methyl sites for hydroxylation is 2. The van der Waals surface area contributed by atoms with Crippen molar-refractivity contribution in [3.8, 4) is 0 Å². The van der Waals surface area contributed by atoms with Crippen molar-refractivity contribution in [2.45, 2.75) is 33.1 Å². The topological polar surface area (TPSA) is 20.2 Å². The minimum Gasteiger partial charge on any atom is -0.395 e. The molecule has 0 radical (unpaired) electrons. The summed E-state index contributed by atoms with van der Waals surface area (Å²) < 4.78 is 1.33. The quantitative estimate of drug-likeness (QED) is 0.838. The highest BCUT2D eigenvalue weighted by molar-refractivity contribution is 7.19. The number of rotatable bonds is 2. The molecule has 16 heavy (non-hydrogen) atoms. The fraction of sp³-hybridized carbons (Fsp3) is 0.429. The smallest absolute Gasteiger partial charge is 0.0522 e. The van der Waals surface area contributed by atoms with Gasteiger partial charge in [0.1, 0.15) is 0 Å². The van der Waals surface area contributed by atoms with Gasteiger partial charge in [0, 0.05) is 15.0 Å². The Morgan fingerprint density at radius 2 is 1.94 bits per heavy atom. The van der Waals surface area contributed by atoms with E-state index in [0.717, 1.165) is 0 Å². The molecule has 0 saturated carbocycles. The maximum atomic E-state index is 9.38. The van der Waals surface area contributed by atoms with Crippen LogP contribution >= 0.6 is 11.3 Å². The standard InChI is InChI=1S/C14H18OS/c1-9-10(2)16-13-7-11(5-6-12(9)13)14(3,4)8-15/h5-7,15H,8H2,1-4H3. The second-order valence-electron chi connectivity index (χ2n) is 5.04. The van der Waals surface area contributed by atoms with Crippen LogP contribution in [0.3, 0.4) is 0 Å². The normalized spacial score (nSPS) is 12.3. The molecular formula is C14H18OS. The third kappa shape index (κ3) is 1.76. The molecule has 0 aliphatic carbocycles. The van der Waals surface area contributed by atoms with Gasteiger partial charge in [-0.3, -0.25) is 0 Å². The van der Waals surface area contributed by atoms with Gasteiger partial charge in [-0.05, 0) is 36.4 Å². The Morgan fingerprint density at radius 3 is 2.56 bits per heavy atom. The molecule has 1 aromatic carbocycles. The van der Waals surface area contributed by atoms with Gasteiger partial charge in [0.2, 0.25) is 0 Å². The summed E-state index contributed by atoms with van der Waals surface area (Å²) >= 11 is 1.84. The molecule has 0 amide bonds. The van der Waals surface area contributed by atoms with Gasteiger partial charge in [0.25, 0.3) is 0 Å². The summed E-state index contributed by atoms with van der Waals surface area (Å²) in [5.41, 5.74) is 2.44. The number of aliphatic hydroxyl groups excluding tert-OH is 1. The molecule has 2 heteroatoms. The van der Waals surface area contributed by atoms with E-state index in [9.17, 15) is 5.11 Å². The molecule has 0 bridgehead atoms. The van der Waals surface area contributed by atoms with E-state index in [0.29, 0.717) is 0 Å². The molecule has 0 atom stereocenters. The Labute approximate surface area is 101 Å². The highest BCUT2D eigenvalue weighted by Crippen LogP contribution is 2.33. The van der Waals surface area contributed by atoms with E-state index >= 15 is 0 Å². The molecule has 1 nitrogen and oxygen atoms in total. The molecule has 0 aliphatic heterocycles. The van der Waals surface area contributed by atoms with Crippen molar-refractivity contribution in [3.63, 3.8) is 0 Å². The summed E-state index contributed by atoms with van der Waals surface area (Å²) in [6, 6.07) is 6.54. The second-order valence-corrected chi connectivity index (χ2v) is 6.29. The molecule has 0 saturated heterocycles. The Hall–Kier alpha value is -0.860. The van der Waals surface area contributed by atoms with Gasteiger partial charge in [0.05, 0.1) is 6.61 Å². The zero-order valence-corrected chi connectivity index (χ0v) is 11.1. The van der Waals surface area contributed by atoms with Crippen molar-refractivity contribution < 1.29 is 5.11 Å². The molecule has 1 aromatic heterocycles. The fourth-order valence-electron chi connectivity index (χ4n) is 1.86. The minimum absolute atomic E-state index is 0.153. The predicted octanol–water partition coefficient (Wildman–Crippen LogP) is 3.79. The van der Waals surface area contributed by atoms with Gasteiger partial charge in [-0.25, -0.2) is 0 Å². The van der Waals surface area contributed by atoms with Crippen LogP contribution in [0.4, 0.5) is 0 Å². The fourth-order valence-corrected chi connectivity index (χ4v) is 2.97. The molecule has 2 aromatic rings. The van der Waals surface area contributed by atoms with Crippen LogP contribution in [-0.2, 0) is 5.41 Å². The molecule has 0 unspecified atom stereocenters. The number of hydrogen-bond donors (Lipinski definition) is 1. The Bertz CT molecular complexity index is 523. The molecule has 0 aliphatic rings. The number of aliphatic hydroxyl groups is 1. The number of fused-ring (bicyclic) bond motifs is 1. The summed E-state index contributed by atoms with van der Waals surface area (Å²) in [7, 11) is 0. The molecule has 2 rings (SSSR count). The maximum absolute atomic E-state index is 9.38. The highest BCUT2D eigenvalue weighted by atomic mass is 32.1. The van der Waals surface area contributed by atoms with Crippen LogP contribution in [0.25, 0.3) is 10.1 Å². The summed E-state index contributed by atoms with van der Waals surface area (Å²) in [5, 5.41) is 10.7. The number of hydrogen-bond acceptors (Lipinski definition) is 2. The average Bonchev–Trinajstić information content (AvgIpc) is 2.54. The Kier molecular flexibility index (Phi) is 2.81. The Balaban J connectivity index is 2.61. The first-order valence-electron chi connectivity index (χ1n) is 5.57. The molecule has 0 fully saturated rings. The van der Waals surface area contributed by atoms with Crippen molar-refractivity contribution in [3.05, 3.63) is 34.2 Å². The van der Waals surface area contributed by atoms with E-state index in [1.807, 2.05) is 11.3 Å². The van der Waals surface area contributed by atoms with E-state index in [2.05, 4.69) is 45.9 Å². The van der Waals surface area contributed by atoms with Gasteiger partial charge in [-0.1, -0.05) is 26.0 Å². The van der Waals surface area contributed by atoms with E-state index < -0.39 is 0 Å². The van der Waals surface area contributed by atoms with E-state index in [4.69, 9.17) is 0 Å². The van der Waals surface area contributed by atoms with Crippen LogP contribution in [0.15, 0.2) is 18.2 Å². The molecule has 86 valence electrons. The Morgan fingerprint density at radius 1 is 1.25 bits per heavy atom. The third-order valence-corrected chi connectivity index (χ3v) is 4.52. The lowest BCUT2D eigenvalue weighted by molar-refractivity contribution is 0.218. The van der Waals surface area contributed by atoms with E-state index in [1.165, 1.54) is 26.1 Å². The van der Waals surface area contributed by atoms with Crippen molar-refractivity contribution in [1.29, 1.82) is 0 Å². The van der Waals surface area contributed by atoms with E-state index in [-0.39, 0.29) is 12.0 Å². The number of thiophene rings is 1. The zero-order valence-electron chi connectivity index (χ0n) is 10.3. The first-order chi connectivity index (χ1) is 7.45. The summed E-state index contributed by atoms with van der Waals surface area (Å²) in [5.74, 6) is 0. The van der Waals surface area contributed by atoms with Crippen molar-refractivity contribution in [2.75, 3.05) is 6.61 Å². The van der Waals surface area contributed by atoms with Crippen LogP contribution in [-0.4, -0.2) is 11.7 Å². The lowest BCUT2D eigenvalue weighted by Gasteiger charge is -2.22. The van der Waals surface area contributed by atoms with Crippen LogP contribution in [0.5, 0.6) is 0 Å². The highest BCUT2D eigenvalue weighted by Gasteiger charge is 2.20. The van der Waals surface area contributed by atoms with Crippen molar-refractivity contribution in [2.24, 2.45) is 0 Å². The maximum Gasteiger partial charge on any atom is 0.0522 e. The summed E-state index contributed by atoms with van der Waals surface area (Å²) in [4.78, 5) is 1.38. The average molecular weight is 234 g/mol. The van der Waals surface area contributed by atoms with Crippen molar-refractivity contribution in [1.82, 2.24) is 0 Å². The lowest BCUT2D eigenvalue weighted by atomic mass is 9.85. The molecular weight excluding hydrogens is 216 g/mol. The van der Waals surface area contributed by atoms with Crippen LogP contribution in [0.2, 0.25) is 0 Å².